The number of allylic oxidation sites excluding steroid dienone is 2. The number of amides is 1. The Morgan fingerprint density at radius 3 is 1.31 bits per heavy atom. The van der Waals surface area contributed by atoms with Crippen LogP contribution in [0.15, 0.2) is 12.2 Å². The van der Waals surface area contributed by atoms with Gasteiger partial charge in [-0.2, -0.15) is 0 Å². The predicted molar refractivity (Wildman–Crippen MR) is 144 cm³/mol. The van der Waals surface area contributed by atoms with E-state index in [2.05, 4.69) is 39.8 Å². The minimum Gasteiger partial charge on any atom is -0.261 e. The van der Waals surface area contributed by atoms with Gasteiger partial charge in [-0.1, -0.05) is 110 Å². The van der Waals surface area contributed by atoms with Gasteiger partial charge in [0.15, 0.2) is 0 Å². The summed E-state index contributed by atoms with van der Waals surface area (Å²) in [6, 6.07) is 0. The number of quaternary nitrogens is 1. The van der Waals surface area contributed by atoms with Crippen LogP contribution in [-0.4, -0.2) is 30.0 Å². The summed E-state index contributed by atoms with van der Waals surface area (Å²) in [7, 11) is 0. The topological polar surface area (TPSA) is 17.1 Å². The monoisotopic (exact) mass is 450 g/mol. The first kappa shape index (κ1) is 31.4. The van der Waals surface area contributed by atoms with Crippen LogP contribution >= 0.6 is 0 Å². The fourth-order valence-electron chi connectivity index (χ4n) is 4.68. The maximum Gasteiger partial charge on any atom is 0.313 e. The molecule has 0 atom stereocenters. The van der Waals surface area contributed by atoms with Crippen LogP contribution in [0.3, 0.4) is 0 Å². The maximum absolute atomic E-state index is 13.3. The van der Waals surface area contributed by atoms with Gasteiger partial charge in [-0.05, 0) is 51.4 Å². The molecule has 0 unspecified atom stereocenters. The van der Waals surface area contributed by atoms with Gasteiger partial charge in [0.05, 0.1) is 26.1 Å². The molecule has 0 bridgehead atoms. The van der Waals surface area contributed by atoms with Crippen LogP contribution in [0.5, 0.6) is 0 Å². The Morgan fingerprint density at radius 1 is 0.500 bits per heavy atom. The summed E-state index contributed by atoms with van der Waals surface area (Å²) >= 11 is 0. The SMILES string of the molecule is CCCCCCCCC=CCCCCCCCC(=O)[N+](CCCC)(CCCC)CCCC. The molecule has 0 aromatic carbocycles. The Morgan fingerprint density at radius 2 is 0.875 bits per heavy atom. The van der Waals surface area contributed by atoms with Crippen molar-refractivity contribution in [2.45, 2.75) is 156 Å². The fraction of sp³-hybridized carbons (Fsp3) is 0.900. The molecule has 0 fully saturated rings. The van der Waals surface area contributed by atoms with Crippen molar-refractivity contribution >= 4 is 5.91 Å². The Kier molecular flexibility index (Phi) is 23.1. The summed E-state index contributed by atoms with van der Waals surface area (Å²) in [4.78, 5) is 13.3. The van der Waals surface area contributed by atoms with Crippen molar-refractivity contribution in [2.75, 3.05) is 19.6 Å². The average Bonchev–Trinajstić information content (AvgIpc) is 2.81. The number of hydrogen-bond acceptors (Lipinski definition) is 1. The normalized spacial score (nSPS) is 12.1. The summed E-state index contributed by atoms with van der Waals surface area (Å²) < 4.78 is 0.777. The zero-order valence-corrected chi connectivity index (χ0v) is 22.8. The quantitative estimate of drug-likeness (QED) is 0.0812. The van der Waals surface area contributed by atoms with Crippen LogP contribution in [0, 0.1) is 0 Å². The molecule has 32 heavy (non-hydrogen) atoms. The lowest BCUT2D eigenvalue weighted by Gasteiger charge is -2.36. The van der Waals surface area contributed by atoms with Crippen LogP contribution in [0.1, 0.15) is 156 Å². The Bertz CT molecular complexity index is 407. The molecule has 0 aromatic rings. The van der Waals surface area contributed by atoms with Gasteiger partial charge in [0, 0.05) is 0 Å². The first-order valence-electron chi connectivity index (χ1n) is 14.7. The average molecular weight is 451 g/mol. The number of carbonyl (C=O) groups is 1. The van der Waals surface area contributed by atoms with Crippen molar-refractivity contribution in [3.8, 4) is 0 Å². The van der Waals surface area contributed by atoms with Gasteiger partial charge in [0.1, 0.15) is 0 Å². The minimum absolute atomic E-state index is 0.540. The zero-order chi connectivity index (χ0) is 23.8. The van der Waals surface area contributed by atoms with Gasteiger partial charge in [-0.3, -0.25) is 4.48 Å². The van der Waals surface area contributed by atoms with Gasteiger partial charge in [-0.25, -0.2) is 4.79 Å². The van der Waals surface area contributed by atoms with Crippen molar-refractivity contribution in [2.24, 2.45) is 0 Å². The highest BCUT2D eigenvalue weighted by atomic mass is 16.2. The molecule has 2 heteroatoms. The number of rotatable bonds is 24. The van der Waals surface area contributed by atoms with E-state index in [0.29, 0.717) is 5.91 Å². The summed E-state index contributed by atoms with van der Waals surface area (Å²) in [6.07, 6.45) is 29.8. The summed E-state index contributed by atoms with van der Waals surface area (Å²) in [6.45, 7) is 12.2. The third-order valence-electron chi connectivity index (χ3n) is 7.00. The molecule has 0 rings (SSSR count). The van der Waals surface area contributed by atoms with Gasteiger partial charge < -0.3 is 0 Å². The Balaban J connectivity index is 3.99. The summed E-state index contributed by atoms with van der Waals surface area (Å²) in [5, 5.41) is 0. The lowest BCUT2D eigenvalue weighted by Crippen LogP contribution is -2.54. The van der Waals surface area contributed by atoms with Gasteiger partial charge in [-0.15, -0.1) is 0 Å². The first-order valence-corrected chi connectivity index (χ1v) is 14.7. The molecular formula is C30H60NO+. The molecule has 2 nitrogen and oxygen atoms in total. The largest absolute Gasteiger partial charge is 0.313 e. The van der Waals surface area contributed by atoms with E-state index in [0.717, 1.165) is 37.0 Å². The fourth-order valence-corrected chi connectivity index (χ4v) is 4.68. The second-order valence-corrected chi connectivity index (χ2v) is 10.1. The highest BCUT2D eigenvalue weighted by molar-refractivity contribution is 5.69. The standard InChI is InChI=1S/C30H60NO/c1-5-9-13-14-15-16-17-18-19-20-21-22-23-24-25-26-30(32)31(27-10-6-2,28-11-7-3)29-12-8-4/h18-19H,5-17,20-29H2,1-4H3/q+1. The van der Waals surface area contributed by atoms with Crippen molar-refractivity contribution in [1.29, 1.82) is 0 Å². The maximum atomic E-state index is 13.3. The number of carbonyl (C=O) groups excluding carboxylic acids is 1. The molecule has 0 saturated carbocycles. The highest BCUT2D eigenvalue weighted by Gasteiger charge is 2.33. The molecule has 0 heterocycles. The van der Waals surface area contributed by atoms with Gasteiger partial charge >= 0.3 is 5.91 Å². The molecule has 0 saturated heterocycles. The second-order valence-electron chi connectivity index (χ2n) is 10.1. The van der Waals surface area contributed by atoms with Crippen LogP contribution in [-0.2, 0) is 4.79 Å². The van der Waals surface area contributed by atoms with E-state index in [-0.39, 0.29) is 0 Å². The van der Waals surface area contributed by atoms with E-state index < -0.39 is 0 Å². The van der Waals surface area contributed by atoms with Crippen molar-refractivity contribution < 1.29 is 9.28 Å². The first-order chi connectivity index (χ1) is 15.7. The molecule has 0 N–H and O–H groups in total. The minimum atomic E-state index is 0.540. The van der Waals surface area contributed by atoms with Gasteiger partial charge in [0.25, 0.3) is 0 Å². The molecule has 0 radical (unpaired) electrons. The zero-order valence-electron chi connectivity index (χ0n) is 22.8. The van der Waals surface area contributed by atoms with Gasteiger partial charge in [0.2, 0.25) is 0 Å². The highest BCUT2D eigenvalue weighted by Crippen LogP contribution is 2.19. The van der Waals surface area contributed by atoms with Crippen LogP contribution in [0.2, 0.25) is 0 Å². The third kappa shape index (κ3) is 16.9. The third-order valence-corrected chi connectivity index (χ3v) is 7.00. The van der Waals surface area contributed by atoms with Crippen molar-refractivity contribution in [1.82, 2.24) is 0 Å². The van der Waals surface area contributed by atoms with E-state index in [1.165, 1.54) is 116 Å². The van der Waals surface area contributed by atoms with E-state index in [9.17, 15) is 4.79 Å². The van der Waals surface area contributed by atoms with Crippen molar-refractivity contribution in [3.63, 3.8) is 0 Å². The van der Waals surface area contributed by atoms with Crippen LogP contribution in [0.4, 0.5) is 0 Å². The lowest BCUT2D eigenvalue weighted by atomic mass is 10.1. The van der Waals surface area contributed by atoms with E-state index in [4.69, 9.17) is 0 Å². The molecule has 0 aliphatic carbocycles. The molecule has 0 aliphatic rings. The van der Waals surface area contributed by atoms with E-state index in [1.807, 2.05) is 0 Å². The molecule has 0 spiro atoms. The van der Waals surface area contributed by atoms with Crippen molar-refractivity contribution in [3.05, 3.63) is 12.2 Å². The summed E-state index contributed by atoms with van der Waals surface area (Å²) in [5.41, 5.74) is 0. The molecular weight excluding hydrogens is 390 g/mol. The van der Waals surface area contributed by atoms with Crippen LogP contribution in [0.25, 0.3) is 0 Å². The number of nitrogens with zero attached hydrogens (tertiary/aromatic N) is 1. The van der Waals surface area contributed by atoms with E-state index in [1.54, 1.807) is 0 Å². The summed E-state index contributed by atoms with van der Waals surface area (Å²) in [5.74, 6) is 0.540. The molecule has 190 valence electrons. The number of hydrogen-bond donors (Lipinski definition) is 0. The van der Waals surface area contributed by atoms with Crippen LogP contribution < -0.4 is 0 Å². The lowest BCUT2D eigenvalue weighted by molar-refractivity contribution is -0.855. The molecule has 0 aliphatic heterocycles. The Hall–Kier alpha value is -0.630. The second kappa shape index (κ2) is 23.5. The Labute approximate surface area is 203 Å². The number of unbranched alkanes of at least 4 members (excludes halogenated alkanes) is 14. The van der Waals surface area contributed by atoms with E-state index >= 15 is 0 Å². The predicted octanol–water partition coefficient (Wildman–Crippen LogP) is 9.77. The molecule has 1 amide bonds. The molecule has 0 aromatic heterocycles. The smallest absolute Gasteiger partial charge is 0.261 e.